The SMILES string of the molecule is NS(=O)(=O)c1ccc(-n2nc(C(=O)OCCOc3cc(=O)oc4ccccc34)cc2-c2ccc([N+](=O)[O-])cc2)cc1. The summed E-state index contributed by atoms with van der Waals surface area (Å²) < 4.78 is 40.8. The third-order valence-corrected chi connectivity index (χ3v) is 6.82. The van der Waals surface area contributed by atoms with Crippen LogP contribution in [-0.2, 0) is 14.8 Å². The van der Waals surface area contributed by atoms with Gasteiger partial charge in [-0.2, -0.15) is 5.10 Å². The van der Waals surface area contributed by atoms with E-state index in [9.17, 15) is 28.1 Å². The largest absolute Gasteiger partial charge is 0.489 e. The van der Waals surface area contributed by atoms with Crippen molar-refractivity contribution in [1.29, 1.82) is 0 Å². The van der Waals surface area contributed by atoms with Gasteiger partial charge in [-0.05, 0) is 54.6 Å². The second kappa shape index (κ2) is 11.0. The van der Waals surface area contributed by atoms with Crippen LogP contribution in [0.15, 0.2) is 99.0 Å². The number of hydrogen-bond acceptors (Lipinski definition) is 10. The van der Waals surface area contributed by atoms with Gasteiger partial charge in [0.15, 0.2) is 5.69 Å². The first-order valence-electron chi connectivity index (χ1n) is 11.9. The number of fused-ring (bicyclic) bond motifs is 1. The maximum absolute atomic E-state index is 12.9. The van der Waals surface area contributed by atoms with Crippen molar-refractivity contribution in [2.75, 3.05) is 13.2 Å². The number of sulfonamides is 1. The fourth-order valence-corrected chi connectivity index (χ4v) is 4.49. The molecule has 208 valence electrons. The lowest BCUT2D eigenvalue weighted by Gasteiger charge is -2.09. The van der Waals surface area contributed by atoms with Gasteiger partial charge in [0, 0.05) is 17.7 Å². The Balaban J connectivity index is 1.37. The summed E-state index contributed by atoms with van der Waals surface area (Å²) in [6, 6.07) is 20.5. The highest BCUT2D eigenvalue weighted by Crippen LogP contribution is 2.27. The Kier molecular flexibility index (Phi) is 7.33. The summed E-state index contributed by atoms with van der Waals surface area (Å²) in [5.41, 5.74) is 0.832. The second-order valence-corrected chi connectivity index (χ2v) is 10.1. The van der Waals surface area contributed by atoms with Crippen LogP contribution in [-0.4, -0.2) is 42.3 Å². The highest BCUT2D eigenvalue weighted by Gasteiger charge is 2.19. The molecule has 14 heteroatoms. The molecule has 2 N–H and O–H groups in total. The van der Waals surface area contributed by atoms with Crippen molar-refractivity contribution in [3.05, 3.63) is 111 Å². The minimum absolute atomic E-state index is 0.0653. The van der Waals surface area contributed by atoms with E-state index in [0.29, 0.717) is 27.9 Å². The molecule has 0 amide bonds. The van der Waals surface area contributed by atoms with Gasteiger partial charge < -0.3 is 13.9 Å². The average molecular weight is 577 g/mol. The zero-order valence-corrected chi connectivity index (χ0v) is 21.8. The highest BCUT2D eigenvalue weighted by atomic mass is 32.2. The minimum Gasteiger partial charge on any atom is -0.489 e. The van der Waals surface area contributed by atoms with Crippen molar-refractivity contribution in [2.24, 2.45) is 5.14 Å². The molecule has 0 saturated heterocycles. The Hall–Kier alpha value is -5.34. The van der Waals surface area contributed by atoms with Gasteiger partial charge in [0.05, 0.1) is 32.7 Å². The molecule has 41 heavy (non-hydrogen) atoms. The number of ether oxygens (including phenoxy) is 2. The van der Waals surface area contributed by atoms with Crippen molar-refractivity contribution >= 4 is 32.6 Å². The Morgan fingerprint density at radius 2 is 1.71 bits per heavy atom. The van der Waals surface area contributed by atoms with Crippen molar-refractivity contribution in [2.45, 2.75) is 4.90 Å². The number of nitrogens with two attached hydrogens (primary N) is 1. The van der Waals surface area contributed by atoms with Crippen LogP contribution in [0.4, 0.5) is 5.69 Å². The van der Waals surface area contributed by atoms with Crippen LogP contribution < -0.4 is 15.5 Å². The minimum atomic E-state index is -3.93. The maximum Gasteiger partial charge on any atom is 0.358 e. The molecule has 5 rings (SSSR count). The van der Waals surface area contributed by atoms with Crippen LogP contribution in [0, 0.1) is 10.1 Å². The molecule has 3 aromatic carbocycles. The molecule has 0 atom stereocenters. The lowest BCUT2D eigenvalue weighted by Crippen LogP contribution is -2.14. The van der Waals surface area contributed by atoms with Gasteiger partial charge in [0.25, 0.3) is 5.69 Å². The predicted octanol–water partition coefficient (Wildman–Crippen LogP) is 3.44. The second-order valence-electron chi connectivity index (χ2n) is 8.58. The van der Waals surface area contributed by atoms with Gasteiger partial charge in [-0.3, -0.25) is 10.1 Å². The molecule has 0 aliphatic heterocycles. The highest BCUT2D eigenvalue weighted by molar-refractivity contribution is 7.89. The Labute approximate surface area is 231 Å². The van der Waals surface area contributed by atoms with E-state index >= 15 is 0 Å². The first kappa shape index (κ1) is 27.2. The number of esters is 1. The number of para-hydroxylation sites is 1. The smallest absolute Gasteiger partial charge is 0.358 e. The van der Waals surface area contributed by atoms with E-state index in [0.717, 1.165) is 0 Å². The molecule has 0 radical (unpaired) electrons. The van der Waals surface area contributed by atoms with E-state index in [1.165, 1.54) is 65.3 Å². The van der Waals surface area contributed by atoms with Crippen molar-refractivity contribution in [3.63, 3.8) is 0 Å². The topological polar surface area (TPSA) is 187 Å². The predicted molar refractivity (Wildman–Crippen MR) is 145 cm³/mol. The quantitative estimate of drug-likeness (QED) is 0.0895. The third kappa shape index (κ3) is 5.98. The molecule has 0 aliphatic rings. The van der Waals surface area contributed by atoms with E-state index in [4.69, 9.17) is 19.0 Å². The fraction of sp³-hybridized carbons (Fsp3) is 0.0741. The van der Waals surface area contributed by atoms with Crippen LogP contribution in [0.3, 0.4) is 0 Å². The number of benzene rings is 3. The summed E-state index contributed by atoms with van der Waals surface area (Å²) in [6.45, 7) is -0.236. The Bertz CT molecular complexity index is 1930. The van der Waals surface area contributed by atoms with Gasteiger partial charge in [0.2, 0.25) is 10.0 Å². The Morgan fingerprint density at radius 1 is 1.00 bits per heavy atom. The van der Waals surface area contributed by atoms with E-state index in [1.54, 1.807) is 24.3 Å². The molecule has 0 bridgehead atoms. The summed E-state index contributed by atoms with van der Waals surface area (Å²) in [5.74, 6) is -0.505. The molecule has 0 unspecified atom stereocenters. The summed E-state index contributed by atoms with van der Waals surface area (Å²) in [5, 5.41) is 21.2. The maximum atomic E-state index is 12.9. The van der Waals surface area contributed by atoms with Gasteiger partial charge in [-0.15, -0.1) is 0 Å². The molecular formula is C27H20N4O9S. The molecule has 2 aromatic heterocycles. The number of aromatic nitrogens is 2. The summed E-state index contributed by atoms with van der Waals surface area (Å²) in [7, 11) is -3.93. The summed E-state index contributed by atoms with van der Waals surface area (Å²) in [6.07, 6.45) is 0. The number of nitro groups is 1. The van der Waals surface area contributed by atoms with Gasteiger partial charge in [0.1, 0.15) is 24.5 Å². The monoisotopic (exact) mass is 576 g/mol. The number of rotatable bonds is 9. The molecule has 13 nitrogen and oxygen atoms in total. The number of nitrogens with zero attached hydrogens (tertiary/aromatic N) is 3. The first-order chi connectivity index (χ1) is 19.6. The standard InChI is InChI=1S/C27H20N4O9S/c28-41(36,37)20-11-9-18(10-12-20)30-23(17-5-7-19(8-6-17)31(34)35)15-22(29-30)27(33)39-14-13-38-25-16-26(32)40-24-4-2-1-3-21(24)25/h1-12,15-16H,13-14H2,(H2,28,36,37). The number of carbonyl (C=O) groups excluding carboxylic acids is 1. The van der Waals surface area contributed by atoms with E-state index < -0.39 is 26.5 Å². The third-order valence-electron chi connectivity index (χ3n) is 5.89. The van der Waals surface area contributed by atoms with Gasteiger partial charge >= 0.3 is 11.6 Å². The lowest BCUT2D eigenvalue weighted by atomic mass is 10.1. The normalized spacial score (nSPS) is 11.3. The van der Waals surface area contributed by atoms with E-state index in [-0.39, 0.29) is 35.2 Å². The zero-order chi connectivity index (χ0) is 29.1. The van der Waals surface area contributed by atoms with Crippen molar-refractivity contribution in [3.8, 4) is 22.7 Å². The van der Waals surface area contributed by atoms with Crippen LogP contribution in [0.2, 0.25) is 0 Å². The van der Waals surface area contributed by atoms with Crippen LogP contribution in [0.25, 0.3) is 27.9 Å². The molecule has 0 aliphatic carbocycles. The summed E-state index contributed by atoms with van der Waals surface area (Å²) >= 11 is 0. The van der Waals surface area contributed by atoms with Crippen LogP contribution in [0.1, 0.15) is 10.5 Å². The molecule has 2 heterocycles. The van der Waals surface area contributed by atoms with Crippen molar-refractivity contribution < 1.29 is 32.0 Å². The Morgan fingerprint density at radius 3 is 2.39 bits per heavy atom. The lowest BCUT2D eigenvalue weighted by molar-refractivity contribution is -0.384. The molecule has 0 spiro atoms. The van der Waals surface area contributed by atoms with E-state index in [2.05, 4.69) is 5.10 Å². The number of non-ortho nitro benzene ring substituents is 1. The number of nitro benzene ring substituents is 1. The molecule has 5 aromatic rings. The molecular weight excluding hydrogens is 556 g/mol. The fourth-order valence-electron chi connectivity index (χ4n) is 3.98. The zero-order valence-electron chi connectivity index (χ0n) is 21.0. The molecule has 0 saturated carbocycles. The average Bonchev–Trinajstić information content (AvgIpc) is 3.40. The number of hydrogen-bond donors (Lipinski definition) is 1. The number of carbonyl (C=O) groups is 1. The molecule has 0 fully saturated rings. The van der Waals surface area contributed by atoms with Crippen LogP contribution >= 0.6 is 0 Å². The summed E-state index contributed by atoms with van der Waals surface area (Å²) in [4.78, 5) is 35.1. The van der Waals surface area contributed by atoms with Gasteiger partial charge in [-0.1, -0.05) is 12.1 Å². The van der Waals surface area contributed by atoms with Crippen LogP contribution in [0.5, 0.6) is 5.75 Å². The number of primary sulfonamides is 1. The van der Waals surface area contributed by atoms with Crippen molar-refractivity contribution in [1.82, 2.24) is 9.78 Å². The van der Waals surface area contributed by atoms with E-state index in [1.807, 2.05) is 0 Å². The first-order valence-corrected chi connectivity index (χ1v) is 13.5. The van der Waals surface area contributed by atoms with Gasteiger partial charge in [-0.25, -0.2) is 27.8 Å².